The van der Waals surface area contributed by atoms with E-state index in [2.05, 4.69) is 52.5 Å². The first-order valence-corrected chi connectivity index (χ1v) is 11.8. The van der Waals surface area contributed by atoms with Gasteiger partial charge in [-0.1, -0.05) is 0 Å². The van der Waals surface area contributed by atoms with Gasteiger partial charge in [-0.25, -0.2) is 9.98 Å². The van der Waals surface area contributed by atoms with Crippen LogP contribution in [0.4, 0.5) is 0 Å². The third kappa shape index (κ3) is 2.06. The number of nitrogens with two attached hydrogens (primary N) is 3. The highest BCUT2D eigenvalue weighted by Crippen LogP contribution is 2.65. The molecule has 6 rings (SSSR count). The number of nitrogens with one attached hydrogen (secondary N) is 3. The smallest absolute Gasteiger partial charge is 0.272 e. The molecule has 1 aliphatic carbocycles. The van der Waals surface area contributed by atoms with Crippen molar-refractivity contribution in [2.24, 2.45) is 44.9 Å². The van der Waals surface area contributed by atoms with Crippen LogP contribution >= 0.6 is 43.5 Å². The summed E-state index contributed by atoms with van der Waals surface area (Å²) in [4.78, 5) is 27.4. The molecule has 1 amide bonds. The van der Waals surface area contributed by atoms with E-state index in [1.165, 1.54) is 0 Å². The minimum Gasteiger partial charge on any atom is -0.370 e. The Kier molecular flexibility index (Phi) is 3.93. The Morgan fingerprint density at radius 3 is 2.61 bits per heavy atom. The molecule has 31 heavy (non-hydrogen) atoms. The van der Waals surface area contributed by atoms with Crippen LogP contribution in [-0.4, -0.2) is 68.7 Å². The third-order valence-electron chi connectivity index (χ3n) is 7.62. The van der Waals surface area contributed by atoms with Crippen LogP contribution in [0.3, 0.4) is 0 Å². The number of H-pyrrole nitrogens is 1. The molecule has 1 aromatic heterocycles. The van der Waals surface area contributed by atoms with Gasteiger partial charge >= 0.3 is 0 Å². The number of carbonyl (C=O) groups excluding carboxylic acids is 1. The SMILES string of the molecule is NC[C@@H]1[C@@H]2CN3C(=O)c4[nH]c(Br)c(Br)c4[C@@H]4N=C(N)N[C@]43[C@@H]2[C@]2(NC(N)=N[C@@H]2O)[C@@H]1Cl. The second-order valence-electron chi connectivity index (χ2n) is 8.71. The molecule has 11 nitrogen and oxygen atoms in total. The lowest BCUT2D eigenvalue weighted by Gasteiger charge is -2.51. The van der Waals surface area contributed by atoms with Crippen LogP contribution in [0.1, 0.15) is 22.1 Å². The Labute approximate surface area is 198 Å². The van der Waals surface area contributed by atoms with Crippen LogP contribution in [0, 0.1) is 17.8 Å². The Morgan fingerprint density at radius 2 is 1.97 bits per heavy atom. The number of aliphatic imine (C=N–C) groups is 2. The summed E-state index contributed by atoms with van der Waals surface area (Å²) in [6.45, 7) is 0.662. The fourth-order valence-corrected chi connectivity index (χ4v) is 8.19. The van der Waals surface area contributed by atoms with Crippen molar-refractivity contribution in [2.75, 3.05) is 13.1 Å². The highest BCUT2D eigenvalue weighted by atomic mass is 79.9. The van der Waals surface area contributed by atoms with Gasteiger partial charge < -0.3 is 42.8 Å². The van der Waals surface area contributed by atoms with Gasteiger partial charge in [-0.2, -0.15) is 0 Å². The molecule has 4 aliphatic heterocycles. The molecule has 2 spiro atoms. The van der Waals surface area contributed by atoms with Gasteiger partial charge in [0, 0.05) is 18.0 Å². The number of fused-ring (bicyclic) bond motifs is 4. The number of nitrogens with zero attached hydrogens (tertiary/aromatic N) is 3. The largest absolute Gasteiger partial charge is 0.370 e. The molecule has 8 atom stereocenters. The number of aromatic amines is 1. The number of rotatable bonds is 1. The van der Waals surface area contributed by atoms with E-state index in [1.807, 2.05) is 0 Å². The monoisotopic (exact) mass is 575 g/mol. The Hall–Kier alpha value is -1.54. The molecule has 0 unspecified atom stereocenters. The summed E-state index contributed by atoms with van der Waals surface area (Å²) in [6, 6.07) is -0.541. The highest BCUT2D eigenvalue weighted by molar-refractivity contribution is 9.13. The highest BCUT2D eigenvalue weighted by Gasteiger charge is 2.79. The number of hydrogen-bond donors (Lipinski definition) is 7. The minimum absolute atomic E-state index is 0.0984. The molecule has 1 saturated carbocycles. The maximum absolute atomic E-state index is 13.7. The Balaban J connectivity index is 1.62. The topological polar surface area (TPSA) is 183 Å². The first-order valence-electron chi connectivity index (χ1n) is 9.82. The zero-order chi connectivity index (χ0) is 22.0. The zero-order valence-electron chi connectivity index (χ0n) is 15.9. The number of carbonyl (C=O) groups is 1. The van der Waals surface area contributed by atoms with Crippen LogP contribution in [0.2, 0.25) is 0 Å². The summed E-state index contributed by atoms with van der Waals surface area (Å²) in [6.07, 6.45) is -1.21. The average molecular weight is 578 g/mol. The number of aromatic nitrogens is 1. The Bertz CT molecular complexity index is 1090. The van der Waals surface area contributed by atoms with Gasteiger partial charge in [0.05, 0.1) is 14.5 Å². The fourth-order valence-electron chi connectivity index (χ4n) is 6.67. The number of halogens is 3. The van der Waals surface area contributed by atoms with Crippen molar-refractivity contribution in [3.8, 4) is 0 Å². The second-order valence-corrected chi connectivity index (χ2v) is 10.8. The second kappa shape index (κ2) is 6.07. The summed E-state index contributed by atoms with van der Waals surface area (Å²) >= 11 is 14.0. The molecular weight excluding hydrogens is 558 g/mol. The van der Waals surface area contributed by atoms with Crippen molar-refractivity contribution < 1.29 is 9.90 Å². The molecule has 14 heteroatoms. The quantitative estimate of drug-likeness (QED) is 0.210. The van der Waals surface area contributed by atoms with E-state index < -0.39 is 34.8 Å². The van der Waals surface area contributed by atoms with E-state index in [0.29, 0.717) is 26.9 Å². The molecule has 0 radical (unpaired) electrons. The number of amides is 1. The van der Waals surface area contributed by atoms with E-state index in [-0.39, 0.29) is 36.2 Å². The van der Waals surface area contributed by atoms with Crippen molar-refractivity contribution in [3.63, 3.8) is 0 Å². The van der Waals surface area contributed by atoms with Crippen molar-refractivity contribution >= 4 is 61.3 Å². The average Bonchev–Trinajstić information content (AvgIpc) is 3.43. The van der Waals surface area contributed by atoms with Crippen LogP contribution in [-0.2, 0) is 0 Å². The number of alkyl halides is 1. The number of aliphatic hydroxyl groups is 1. The molecule has 10 N–H and O–H groups in total. The molecule has 2 fully saturated rings. The maximum Gasteiger partial charge on any atom is 0.272 e. The van der Waals surface area contributed by atoms with E-state index in [1.54, 1.807) is 4.90 Å². The zero-order valence-corrected chi connectivity index (χ0v) is 19.9. The van der Waals surface area contributed by atoms with Gasteiger partial charge in [-0.05, 0) is 50.2 Å². The fraction of sp³-hybridized carbons (Fsp3) is 0.588. The lowest BCUT2D eigenvalue weighted by molar-refractivity contribution is -0.0124. The molecule has 0 bridgehead atoms. The lowest BCUT2D eigenvalue weighted by Crippen LogP contribution is -2.73. The summed E-state index contributed by atoms with van der Waals surface area (Å²) < 4.78 is 1.34. The molecule has 1 aromatic rings. The first-order chi connectivity index (χ1) is 14.7. The molecule has 166 valence electrons. The Morgan fingerprint density at radius 1 is 1.26 bits per heavy atom. The number of aliphatic hydroxyl groups excluding tert-OH is 1. The van der Waals surface area contributed by atoms with Crippen LogP contribution in [0.15, 0.2) is 19.1 Å². The summed E-state index contributed by atoms with van der Waals surface area (Å²) in [5.74, 6) is -0.644. The number of hydrogen-bond acceptors (Lipinski definition) is 9. The van der Waals surface area contributed by atoms with Crippen LogP contribution < -0.4 is 27.8 Å². The van der Waals surface area contributed by atoms with Gasteiger partial charge in [0.1, 0.15) is 22.9 Å². The molecule has 0 aromatic carbocycles. The molecule has 5 heterocycles. The third-order valence-corrected chi connectivity index (χ3v) is 10.3. The maximum atomic E-state index is 13.7. The van der Waals surface area contributed by atoms with Crippen molar-refractivity contribution in [1.82, 2.24) is 20.5 Å². The first kappa shape index (κ1) is 20.1. The van der Waals surface area contributed by atoms with E-state index in [0.717, 1.165) is 0 Å². The van der Waals surface area contributed by atoms with Gasteiger partial charge in [0.2, 0.25) is 0 Å². The normalized spacial score (nSPS) is 44.4. The van der Waals surface area contributed by atoms with E-state index >= 15 is 0 Å². The van der Waals surface area contributed by atoms with Crippen molar-refractivity contribution in [3.05, 3.63) is 20.3 Å². The molecule has 5 aliphatic rings. The van der Waals surface area contributed by atoms with Gasteiger partial charge in [-0.3, -0.25) is 4.79 Å². The summed E-state index contributed by atoms with van der Waals surface area (Å²) in [5.41, 5.74) is 17.3. The number of guanidine groups is 2. The standard InChI is InChI=1S/C17H20Br2ClN9O2/c18-6-5-7(24-11(6)19)12(30)29-2-4-3(1-21)9(20)16(13(31)26-15(23)27-16)8(4)17(29)10(5)25-14(22)28-17/h3-4,8-10,13,24,31H,1-2,21H2,(H3,22,25,28)(H3,23,26,27)/t3-,4+,8+,9-,10+,13-,16+,17+/m1/s1. The van der Waals surface area contributed by atoms with Gasteiger partial charge in [-0.15, -0.1) is 11.6 Å². The lowest BCUT2D eigenvalue weighted by atomic mass is 9.70. The summed E-state index contributed by atoms with van der Waals surface area (Å²) in [5, 5.41) is 17.0. The van der Waals surface area contributed by atoms with E-state index in [4.69, 9.17) is 33.8 Å². The van der Waals surface area contributed by atoms with Crippen molar-refractivity contribution in [1.29, 1.82) is 0 Å². The van der Waals surface area contributed by atoms with E-state index in [9.17, 15) is 9.90 Å². The predicted molar refractivity (Wildman–Crippen MR) is 120 cm³/mol. The van der Waals surface area contributed by atoms with Crippen LogP contribution in [0.5, 0.6) is 0 Å². The van der Waals surface area contributed by atoms with Crippen LogP contribution in [0.25, 0.3) is 0 Å². The predicted octanol–water partition coefficient (Wildman–Crippen LogP) is -0.932. The molecule has 1 saturated heterocycles. The van der Waals surface area contributed by atoms with Crippen molar-refractivity contribution in [2.45, 2.75) is 28.8 Å². The molecular formula is C17H20Br2ClN9O2. The van der Waals surface area contributed by atoms with Gasteiger partial charge in [0.15, 0.2) is 18.1 Å². The minimum atomic E-state index is -1.21. The summed E-state index contributed by atoms with van der Waals surface area (Å²) in [7, 11) is 0. The van der Waals surface area contributed by atoms with Gasteiger partial charge in [0.25, 0.3) is 5.91 Å².